The number of rotatable bonds is 3. The van der Waals surface area contributed by atoms with Crippen LogP contribution in [0.1, 0.15) is 26.2 Å². The summed E-state index contributed by atoms with van der Waals surface area (Å²) in [6.07, 6.45) is 5.54. The summed E-state index contributed by atoms with van der Waals surface area (Å²) in [6.45, 7) is 5.88. The van der Waals surface area contributed by atoms with Gasteiger partial charge in [0.25, 0.3) is 0 Å². The summed E-state index contributed by atoms with van der Waals surface area (Å²) in [5, 5.41) is 12.7. The maximum atomic E-state index is 16.3. The highest BCUT2D eigenvalue weighted by Gasteiger charge is 2.35. The number of hydrogen-bond donors (Lipinski definition) is 1. The lowest BCUT2D eigenvalue weighted by atomic mass is 9.98. The van der Waals surface area contributed by atoms with Crippen molar-refractivity contribution in [2.45, 2.75) is 26.2 Å². The number of piperidine rings is 1. The number of phenols is 1. The van der Waals surface area contributed by atoms with Crippen LogP contribution >= 0.6 is 0 Å². The van der Waals surface area contributed by atoms with E-state index in [9.17, 15) is 5.11 Å². The van der Waals surface area contributed by atoms with E-state index in [1.54, 1.807) is 18.3 Å². The number of nitrogens with zero attached hydrogens (tertiary/aromatic N) is 5. The summed E-state index contributed by atoms with van der Waals surface area (Å²) in [5.41, 5.74) is 1.08. The molecule has 1 N–H and O–H groups in total. The Bertz CT molecular complexity index is 1460. The minimum atomic E-state index is -0.461. The van der Waals surface area contributed by atoms with Crippen molar-refractivity contribution in [3.8, 4) is 17.0 Å². The Kier molecular flexibility index (Phi) is 4.63. The average Bonchev–Trinajstić information content (AvgIpc) is 3.18. The molecule has 3 aliphatic rings. The summed E-state index contributed by atoms with van der Waals surface area (Å²) in [6, 6.07) is 10.9. The third kappa shape index (κ3) is 3.39. The van der Waals surface area contributed by atoms with E-state index in [0.29, 0.717) is 40.2 Å². The van der Waals surface area contributed by atoms with Crippen LogP contribution in [0.4, 0.5) is 16.2 Å². The van der Waals surface area contributed by atoms with Crippen molar-refractivity contribution in [2.24, 2.45) is 17.8 Å². The van der Waals surface area contributed by atoms with Crippen LogP contribution in [0.2, 0.25) is 0 Å². The smallest absolute Gasteiger partial charge is 0.228 e. The van der Waals surface area contributed by atoms with Crippen molar-refractivity contribution >= 4 is 33.4 Å². The Hall–Kier alpha value is -3.48. The van der Waals surface area contributed by atoms with E-state index < -0.39 is 5.82 Å². The molecule has 2 bridgehead atoms. The van der Waals surface area contributed by atoms with E-state index in [1.165, 1.54) is 19.3 Å². The van der Waals surface area contributed by atoms with Gasteiger partial charge in [-0.15, -0.1) is 0 Å². The van der Waals surface area contributed by atoms with Crippen LogP contribution in [0.5, 0.6) is 5.75 Å². The molecular weight excluding hydrogens is 441 g/mol. The second-order valence-corrected chi connectivity index (χ2v) is 10.7. The Morgan fingerprint density at radius 3 is 2.49 bits per heavy atom. The Labute approximate surface area is 203 Å². The van der Waals surface area contributed by atoms with E-state index in [4.69, 9.17) is 9.97 Å². The molecule has 2 atom stereocenters. The molecule has 0 radical (unpaired) electrons. The summed E-state index contributed by atoms with van der Waals surface area (Å²) >= 11 is 0. The maximum Gasteiger partial charge on any atom is 0.228 e. The molecule has 3 fully saturated rings. The van der Waals surface area contributed by atoms with Crippen molar-refractivity contribution in [3.05, 3.63) is 48.4 Å². The molecule has 1 saturated carbocycles. The normalized spacial score (nSPS) is 22.2. The zero-order chi connectivity index (χ0) is 23.7. The first-order chi connectivity index (χ1) is 17.0. The number of pyridine rings is 1. The summed E-state index contributed by atoms with van der Waals surface area (Å²) in [5.74, 6) is 2.98. The first-order valence-electron chi connectivity index (χ1n) is 12.6. The lowest BCUT2D eigenvalue weighted by Gasteiger charge is -2.38. The second kappa shape index (κ2) is 7.77. The topological polar surface area (TPSA) is 65.4 Å². The molecule has 2 aromatic heterocycles. The van der Waals surface area contributed by atoms with Crippen molar-refractivity contribution in [1.82, 2.24) is 15.0 Å². The molecule has 7 rings (SSSR count). The van der Waals surface area contributed by atoms with Crippen molar-refractivity contribution in [2.75, 3.05) is 36.0 Å². The van der Waals surface area contributed by atoms with Crippen LogP contribution in [0, 0.1) is 23.6 Å². The lowest BCUT2D eigenvalue weighted by molar-refractivity contribution is 0.418. The Morgan fingerprint density at radius 1 is 0.943 bits per heavy atom. The molecule has 4 heterocycles. The number of anilines is 2. The first kappa shape index (κ1) is 20.9. The number of aromatic nitrogens is 3. The van der Waals surface area contributed by atoms with Gasteiger partial charge < -0.3 is 14.9 Å². The van der Waals surface area contributed by atoms with Gasteiger partial charge in [0.15, 0.2) is 5.82 Å². The van der Waals surface area contributed by atoms with Crippen molar-refractivity contribution in [1.29, 1.82) is 0 Å². The van der Waals surface area contributed by atoms with Gasteiger partial charge in [0.1, 0.15) is 22.8 Å². The fourth-order valence-corrected chi connectivity index (χ4v) is 6.33. The van der Waals surface area contributed by atoms with Gasteiger partial charge in [-0.1, -0.05) is 31.2 Å². The zero-order valence-electron chi connectivity index (χ0n) is 19.8. The van der Waals surface area contributed by atoms with Gasteiger partial charge in [0.2, 0.25) is 5.95 Å². The van der Waals surface area contributed by atoms with Gasteiger partial charge >= 0.3 is 0 Å². The molecule has 7 heteroatoms. The van der Waals surface area contributed by atoms with Crippen LogP contribution in [-0.2, 0) is 0 Å². The van der Waals surface area contributed by atoms with E-state index in [0.717, 1.165) is 42.8 Å². The average molecular weight is 470 g/mol. The van der Waals surface area contributed by atoms with E-state index in [-0.39, 0.29) is 11.4 Å². The summed E-state index contributed by atoms with van der Waals surface area (Å²) in [4.78, 5) is 18.8. The molecule has 2 unspecified atom stereocenters. The van der Waals surface area contributed by atoms with Gasteiger partial charge in [0.05, 0.1) is 5.39 Å². The number of fused-ring (bicyclic) bond motifs is 4. The predicted octanol–water partition coefficient (Wildman–Crippen LogP) is 5.38. The highest BCUT2D eigenvalue weighted by molar-refractivity contribution is 6.00. The second-order valence-electron chi connectivity index (χ2n) is 10.7. The zero-order valence-corrected chi connectivity index (χ0v) is 19.8. The summed E-state index contributed by atoms with van der Waals surface area (Å²) in [7, 11) is 0. The fourth-order valence-electron chi connectivity index (χ4n) is 6.33. The molecule has 2 saturated heterocycles. The van der Waals surface area contributed by atoms with Crippen LogP contribution in [0.25, 0.3) is 32.9 Å². The quantitative estimate of drug-likeness (QED) is 0.435. The van der Waals surface area contributed by atoms with Gasteiger partial charge in [-0.05, 0) is 59.9 Å². The Morgan fingerprint density at radius 2 is 1.71 bits per heavy atom. The summed E-state index contributed by atoms with van der Waals surface area (Å²) < 4.78 is 16.3. The first-order valence-corrected chi connectivity index (χ1v) is 12.6. The monoisotopic (exact) mass is 469 g/mol. The van der Waals surface area contributed by atoms with Gasteiger partial charge in [0, 0.05) is 37.9 Å². The predicted molar refractivity (Wildman–Crippen MR) is 136 cm³/mol. The Balaban J connectivity index is 1.43. The van der Waals surface area contributed by atoms with E-state index in [2.05, 4.69) is 21.7 Å². The number of phenolic OH excluding ortho intramolecular Hbond substituents is 1. The van der Waals surface area contributed by atoms with Crippen LogP contribution in [0.15, 0.2) is 42.6 Å². The van der Waals surface area contributed by atoms with Gasteiger partial charge in [-0.25, -0.2) is 9.37 Å². The van der Waals surface area contributed by atoms with Crippen LogP contribution < -0.4 is 9.80 Å². The number of hydrogen-bond acceptors (Lipinski definition) is 6. The lowest BCUT2D eigenvalue weighted by Crippen LogP contribution is -2.46. The largest absolute Gasteiger partial charge is 0.508 e. The third-order valence-electron chi connectivity index (χ3n) is 8.01. The van der Waals surface area contributed by atoms with Crippen LogP contribution in [-0.4, -0.2) is 46.2 Å². The number of aromatic hydroxyl groups is 1. The highest BCUT2D eigenvalue weighted by Crippen LogP contribution is 2.41. The number of halogens is 1. The SMILES string of the molecule is CC1CN(c2nc(N3CC4CCC(C4)C3)c3cnc(-c4cc(O)cc5ccccc45)c(F)c3n2)C1. The molecule has 6 nitrogen and oxygen atoms in total. The highest BCUT2D eigenvalue weighted by atomic mass is 19.1. The van der Waals surface area contributed by atoms with E-state index in [1.807, 2.05) is 24.3 Å². The van der Waals surface area contributed by atoms with Crippen molar-refractivity contribution < 1.29 is 9.50 Å². The van der Waals surface area contributed by atoms with E-state index >= 15 is 4.39 Å². The maximum absolute atomic E-state index is 16.3. The molecular formula is C28H28FN5O. The molecule has 4 aromatic rings. The van der Waals surface area contributed by atoms with Crippen molar-refractivity contribution in [3.63, 3.8) is 0 Å². The molecule has 0 spiro atoms. The standard InChI is InChI=1S/C28H28FN5O/c1-16-12-34(13-16)28-31-26-23(27(32-28)33-14-17-6-7-18(8-17)15-33)11-30-25(24(26)29)22-10-20(35)9-19-4-2-3-5-21(19)22/h2-5,9-11,16-18,35H,6-8,12-15H2,1H3. The minimum absolute atomic E-state index is 0.0856. The van der Waals surface area contributed by atoms with Gasteiger partial charge in [-0.3, -0.25) is 4.98 Å². The molecule has 1 aliphatic carbocycles. The van der Waals surface area contributed by atoms with Gasteiger partial charge in [-0.2, -0.15) is 4.98 Å². The molecule has 35 heavy (non-hydrogen) atoms. The third-order valence-corrected chi connectivity index (χ3v) is 8.01. The molecule has 0 amide bonds. The van der Waals surface area contributed by atoms with Crippen LogP contribution in [0.3, 0.4) is 0 Å². The minimum Gasteiger partial charge on any atom is -0.508 e. The molecule has 2 aromatic carbocycles. The fraction of sp³-hybridized carbons (Fsp3) is 0.393. The molecule has 2 aliphatic heterocycles. The molecule has 178 valence electrons. The number of benzene rings is 2.